The number of carbonyl (C=O) groups excluding carboxylic acids is 1. The molecule has 0 saturated carbocycles. The van der Waals surface area contributed by atoms with Crippen LogP contribution in [0, 0.1) is 5.82 Å². The Bertz CT molecular complexity index is 874. The van der Waals surface area contributed by atoms with Crippen molar-refractivity contribution in [1.29, 1.82) is 0 Å². The van der Waals surface area contributed by atoms with Crippen LogP contribution in [0.1, 0.15) is 10.4 Å². The summed E-state index contributed by atoms with van der Waals surface area (Å²) in [6.07, 6.45) is 0. The summed E-state index contributed by atoms with van der Waals surface area (Å²) in [5, 5.41) is 6.73. The Hall–Kier alpha value is -2.66. The van der Waals surface area contributed by atoms with Crippen molar-refractivity contribution in [2.45, 2.75) is 0 Å². The normalized spacial score (nSPS) is 12.7. The zero-order chi connectivity index (χ0) is 15.1. The minimum Gasteiger partial charge on any atom is -0.345 e. The third-order valence-electron chi connectivity index (χ3n) is 3.51. The smallest absolute Gasteiger partial charge is 0.258 e. The number of anilines is 3. The second-order valence-corrected chi connectivity index (χ2v) is 6.04. The van der Waals surface area contributed by atoms with Gasteiger partial charge in [0, 0.05) is 4.88 Å². The number of hydrogen-bond donors (Lipinski definition) is 2. The number of benzene rings is 2. The molecule has 3 nitrogen and oxygen atoms in total. The summed E-state index contributed by atoms with van der Waals surface area (Å²) in [6, 6.07) is 16.1. The van der Waals surface area contributed by atoms with Crippen LogP contribution < -0.4 is 10.6 Å². The van der Waals surface area contributed by atoms with Gasteiger partial charge in [-0.25, -0.2) is 4.39 Å². The molecule has 5 heteroatoms. The monoisotopic (exact) mass is 310 g/mol. The Kier molecular flexibility index (Phi) is 2.94. The molecule has 1 aliphatic rings. The van der Waals surface area contributed by atoms with Gasteiger partial charge in [0.25, 0.3) is 5.91 Å². The first-order valence-electron chi connectivity index (χ1n) is 6.78. The highest BCUT2D eigenvalue weighted by Gasteiger charge is 2.22. The van der Waals surface area contributed by atoms with Gasteiger partial charge in [0.2, 0.25) is 0 Å². The number of amides is 1. The van der Waals surface area contributed by atoms with Crippen LogP contribution in [0.5, 0.6) is 0 Å². The van der Waals surface area contributed by atoms with Crippen molar-refractivity contribution in [3.63, 3.8) is 0 Å². The average Bonchev–Trinajstić information content (AvgIpc) is 2.90. The van der Waals surface area contributed by atoms with E-state index < -0.39 is 0 Å². The van der Waals surface area contributed by atoms with Gasteiger partial charge in [0.15, 0.2) is 0 Å². The van der Waals surface area contributed by atoms with E-state index in [2.05, 4.69) is 10.6 Å². The van der Waals surface area contributed by atoms with E-state index in [1.165, 1.54) is 23.5 Å². The van der Waals surface area contributed by atoms with Crippen molar-refractivity contribution in [3.05, 3.63) is 66.0 Å². The summed E-state index contributed by atoms with van der Waals surface area (Å²) in [6.45, 7) is 0. The van der Waals surface area contributed by atoms with Gasteiger partial charge >= 0.3 is 0 Å². The predicted octanol–water partition coefficient (Wildman–Crippen LogP) is 4.86. The highest BCUT2D eigenvalue weighted by molar-refractivity contribution is 7.20. The van der Waals surface area contributed by atoms with E-state index in [-0.39, 0.29) is 11.7 Å². The number of nitrogens with one attached hydrogen (secondary N) is 2. The number of hydrogen-bond acceptors (Lipinski definition) is 3. The van der Waals surface area contributed by atoms with E-state index in [0.717, 1.165) is 15.4 Å². The summed E-state index contributed by atoms with van der Waals surface area (Å²) in [5.41, 5.74) is 2.78. The van der Waals surface area contributed by atoms with Gasteiger partial charge in [0.1, 0.15) is 10.8 Å². The summed E-state index contributed by atoms with van der Waals surface area (Å²) >= 11 is 1.51. The van der Waals surface area contributed by atoms with Gasteiger partial charge < -0.3 is 10.6 Å². The standard InChI is InChI=1S/C17H11FN2OS/c18-11-6-7-13-14(8-11)19-16(21)12-9-15(22-17(12)20-13)10-4-2-1-3-5-10/h1-9,20H,(H,19,21). The lowest BCUT2D eigenvalue weighted by Crippen LogP contribution is -2.09. The third kappa shape index (κ3) is 2.16. The molecule has 0 saturated heterocycles. The van der Waals surface area contributed by atoms with Crippen molar-refractivity contribution in [3.8, 4) is 10.4 Å². The maximum atomic E-state index is 13.3. The maximum absolute atomic E-state index is 13.3. The fourth-order valence-electron chi connectivity index (χ4n) is 2.44. The van der Waals surface area contributed by atoms with Gasteiger partial charge in [-0.2, -0.15) is 0 Å². The molecule has 0 unspecified atom stereocenters. The number of halogens is 1. The summed E-state index contributed by atoms with van der Waals surface area (Å²) < 4.78 is 13.3. The van der Waals surface area contributed by atoms with Gasteiger partial charge in [-0.3, -0.25) is 4.79 Å². The van der Waals surface area contributed by atoms with Crippen LogP contribution in [-0.4, -0.2) is 5.91 Å². The summed E-state index contributed by atoms with van der Waals surface area (Å²) in [7, 11) is 0. The van der Waals surface area contributed by atoms with Crippen LogP contribution in [0.15, 0.2) is 54.6 Å². The van der Waals surface area contributed by atoms with Crippen LogP contribution in [0.4, 0.5) is 20.8 Å². The van der Waals surface area contributed by atoms with E-state index in [9.17, 15) is 9.18 Å². The summed E-state index contributed by atoms with van der Waals surface area (Å²) in [4.78, 5) is 13.4. The fraction of sp³-hybridized carbons (Fsp3) is 0. The molecule has 0 aliphatic carbocycles. The van der Waals surface area contributed by atoms with Gasteiger partial charge in [-0.1, -0.05) is 30.3 Å². The lowest BCUT2D eigenvalue weighted by atomic mass is 10.1. The van der Waals surface area contributed by atoms with Gasteiger partial charge in [-0.15, -0.1) is 11.3 Å². The Morgan fingerprint density at radius 2 is 1.73 bits per heavy atom. The Balaban J connectivity index is 1.81. The van der Waals surface area contributed by atoms with Crippen LogP contribution >= 0.6 is 11.3 Å². The molecule has 108 valence electrons. The van der Waals surface area contributed by atoms with Gasteiger partial charge in [0.05, 0.1) is 16.9 Å². The molecular formula is C17H11FN2OS. The molecule has 2 heterocycles. The molecule has 22 heavy (non-hydrogen) atoms. The fourth-order valence-corrected chi connectivity index (χ4v) is 3.51. The third-order valence-corrected chi connectivity index (χ3v) is 4.61. The average molecular weight is 310 g/mol. The predicted molar refractivity (Wildman–Crippen MR) is 87.4 cm³/mol. The van der Waals surface area contributed by atoms with E-state index in [4.69, 9.17) is 0 Å². The topological polar surface area (TPSA) is 41.1 Å². The molecule has 0 spiro atoms. The number of fused-ring (bicyclic) bond motifs is 2. The lowest BCUT2D eigenvalue weighted by molar-refractivity contribution is 0.102. The first-order valence-corrected chi connectivity index (χ1v) is 7.59. The summed E-state index contributed by atoms with van der Waals surface area (Å²) in [5.74, 6) is -0.610. The molecule has 2 aromatic carbocycles. The molecule has 1 aromatic heterocycles. The number of rotatable bonds is 1. The molecule has 0 radical (unpaired) electrons. The zero-order valence-electron chi connectivity index (χ0n) is 11.4. The van der Waals surface area contributed by atoms with Crippen molar-refractivity contribution < 1.29 is 9.18 Å². The van der Waals surface area contributed by atoms with Crippen molar-refractivity contribution in [1.82, 2.24) is 0 Å². The highest BCUT2D eigenvalue weighted by atomic mass is 32.1. The molecule has 2 N–H and O–H groups in total. The maximum Gasteiger partial charge on any atom is 0.258 e. The zero-order valence-corrected chi connectivity index (χ0v) is 12.2. The Labute approximate surface area is 130 Å². The van der Waals surface area contributed by atoms with Crippen molar-refractivity contribution in [2.24, 2.45) is 0 Å². The van der Waals surface area contributed by atoms with Crippen molar-refractivity contribution in [2.75, 3.05) is 10.6 Å². The lowest BCUT2D eigenvalue weighted by Gasteiger charge is -2.07. The largest absolute Gasteiger partial charge is 0.345 e. The van der Waals surface area contributed by atoms with Crippen LogP contribution in [0.3, 0.4) is 0 Å². The number of carbonyl (C=O) groups is 1. The van der Waals surface area contributed by atoms with Crippen LogP contribution in [0.25, 0.3) is 10.4 Å². The molecular weight excluding hydrogens is 299 g/mol. The second kappa shape index (κ2) is 4.96. The van der Waals surface area contributed by atoms with E-state index in [1.807, 2.05) is 36.4 Å². The first-order chi connectivity index (χ1) is 10.7. The quantitative estimate of drug-likeness (QED) is 0.673. The Morgan fingerprint density at radius 1 is 0.909 bits per heavy atom. The number of thiophene rings is 1. The van der Waals surface area contributed by atoms with Crippen LogP contribution in [-0.2, 0) is 0 Å². The SMILES string of the molecule is O=C1Nc2cc(F)ccc2Nc2sc(-c3ccccc3)cc21. The molecule has 4 rings (SSSR count). The molecule has 1 amide bonds. The Morgan fingerprint density at radius 3 is 2.55 bits per heavy atom. The minimum absolute atomic E-state index is 0.231. The minimum atomic E-state index is -0.379. The van der Waals surface area contributed by atoms with E-state index in [0.29, 0.717) is 16.9 Å². The molecule has 3 aromatic rings. The van der Waals surface area contributed by atoms with E-state index in [1.54, 1.807) is 6.07 Å². The van der Waals surface area contributed by atoms with E-state index >= 15 is 0 Å². The molecule has 0 atom stereocenters. The highest BCUT2D eigenvalue weighted by Crippen LogP contribution is 2.40. The van der Waals surface area contributed by atoms with Gasteiger partial charge in [-0.05, 0) is 29.8 Å². The molecule has 0 bridgehead atoms. The molecule has 1 aliphatic heterocycles. The van der Waals surface area contributed by atoms with Crippen molar-refractivity contribution >= 4 is 33.6 Å². The molecule has 0 fully saturated rings. The van der Waals surface area contributed by atoms with Crippen LogP contribution in [0.2, 0.25) is 0 Å². The second-order valence-electron chi connectivity index (χ2n) is 4.99. The first kappa shape index (κ1) is 13.0.